The van der Waals surface area contributed by atoms with Gasteiger partial charge in [0, 0.05) is 6.54 Å². The summed E-state index contributed by atoms with van der Waals surface area (Å²) >= 11 is 0. The smallest absolute Gasteiger partial charge is 0.410 e. The quantitative estimate of drug-likeness (QED) is 0.501. The predicted molar refractivity (Wildman–Crippen MR) is 140 cm³/mol. The third kappa shape index (κ3) is 9.87. The van der Waals surface area contributed by atoms with Crippen LogP contribution in [-0.4, -0.2) is 65.0 Å². The Hall–Kier alpha value is -2.81. The average molecular weight is 518 g/mol. The zero-order chi connectivity index (χ0) is 26.8. The van der Waals surface area contributed by atoms with Gasteiger partial charge < -0.3 is 30.1 Å². The van der Waals surface area contributed by atoms with Crippen molar-refractivity contribution < 1.29 is 29.0 Å². The van der Waals surface area contributed by atoms with Crippen LogP contribution in [0.1, 0.15) is 77.7 Å². The lowest BCUT2D eigenvalue weighted by atomic mass is 9.84. The SMILES string of the molecule is CC(C)(C)OC(=O)NC(CC1CCCCC1)C(=O)NC1CCCN(C(=O)OCc2ccccc2)CC1O. The number of amides is 3. The average Bonchev–Trinajstić information content (AvgIpc) is 3.03. The number of carbonyl (C=O) groups excluding carboxylic acids is 3. The van der Waals surface area contributed by atoms with Crippen LogP contribution in [0.5, 0.6) is 0 Å². The molecular weight excluding hydrogens is 474 g/mol. The second-order valence-corrected chi connectivity index (χ2v) is 11.2. The summed E-state index contributed by atoms with van der Waals surface area (Å²) in [5, 5.41) is 16.6. The van der Waals surface area contributed by atoms with E-state index in [0.717, 1.165) is 31.2 Å². The first-order valence-electron chi connectivity index (χ1n) is 13.5. The molecule has 0 bridgehead atoms. The fourth-order valence-corrected chi connectivity index (χ4v) is 5.00. The summed E-state index contributed by atoms with van der Waals surface area (Å²) < 4.78 is 10.8. The molecule has 1 saturated heterocycles. The number of hydrogen-bond donors (Lipinski definition) is 3. The first kappa shape index (κ1) is 28.8. The number of likely N-dealkylation sites (tertiary alicyclic amines) is 1. The third-order valence-electron chi connectivity index (χ3n) is 6.91. The number of aliphatic hydroxyl groups is 1. The van der Waals surface area contributed by atoms with Crippen molar-refractivity contribution in [3.8, 4) is 0 Å². The van der Waals surface area contributed by atoms with Gasteiger partial charge in [0.2, 0.25) is 5.91 Å². The Balaban J connectivity index is 1.57. The Morgan fingerprint density at radius 1 is 1.05 bits per heavy atom. The lowest BCUT2D eigenvalue weighted by molar-refractivity contribution is -0.125. The van der Waals surface area contributed by atoms with Crippen LogP contribution in [-0.2, 0) is 20.9 Å². The Bertz CT molecular complexity index is 882. The van der Waals surface area contributed by atoms with Gasteiger partial charge in [-0.25, -0.2) is 9.59 Å². The van der Waals surface area contributed by atoms with Gasteiger partial charge in [-0.2, -0.15) is 0 Å². The Morgan fingerprint density at radius 3 is 2.43 bits per heavy atom. The standard InChI is InChI=1S/C28H43N3O6/c1-28(2,3)37-26(34)30-23(17-20-11-6-4-7-12-20)25(33)29-22-15-10-16-31(18-24(22)32)27(35)36-19-21-13-8-5-9-14-21/h5,8-9,13-14,20,22-24,32H,4,6-7,10-12,15-19H2,1-3H3,(H,29,33)(H,30,34). The molecule has 0 spiro atoms. The lowest BCUT2D eigenvalue weighted by Crippen LogP contribution is -2.54. The molecule has 2 aliphatic rings. The molecule has 0 radical (unpaired) electrons. The monoisotopic (exact) mass is 517 g/mol. The van der Waals surface area contributed by atoms with E-state index in [1.165, 1.54) is 11.3 Å². The molecule has 1 aliphatic heterocycles. The van der Waals surface area contributed by atoms with E-state index in [2.05, 4.69) is 10.6 Å². The van der Waals surface area contributed by atoms with E-state index in [1.807, 2.05) is 30.3 Å². The second-order valence-electron chi connectivity index (χ2n) is 11.2. The Kier molecular flexibility index (Phi) is 10.6. The molecule has 3 rings (SSSR count). The van der Waals surface area contributed by atoms with Crippen molar-refractivity contribution in [3.63, 3.8) is 0 Å². The fourth-order valence-electron chi connectivity index (χ4n) is 5.00. The Labute approximate surface area is 220 Å². The van der Waals surface area contributed by atoms with E-state index in [9.17, 15) is 19.5 Å². The van der Waals surface area contributed by atoms with Crippen LogP contribution < -0.4 is 10.6 Å². The predicted octanol–water partition coefficient (Wildman–Crippen LogP) is 4.13. The van der Waals surface area contributed by atoms with Crippen molar-refractivity contribution in [1.82, 2.24) is 15.5 Å². The summed E-state index contributed by atoms with van der Waals surface area (Å²) in [5.74, 6) is 0.0222. The van der Waals surface area contributed by atoms with Crippen LogP contribution in [0.2, 0.25) is 0 Å². The Morgan fingerprint density at radius 2 is 1.76 bits per heavy atom. The number of alkyl carbamates (subject to hydrolysis) is 1. The molecule has 37 heavy (non-hydrogen) atoms. The van der Waals surface area contributed by atoms with Gasteiger partial charge >= 0.3 is 12.2 Å². The van der Waals surface area contributed by atoms with Crippen molar-refractivity contribution in [2.45, 2.75) is 103 Å². The van der Waals surface area contributed by atoms with Gasteiger partial charge in [-0.15, -0.1) is 0 Å². The highest BCUT2D eigenvalue weighted by Crippen LogP contribution is 2.27. The van der Waals surface area contributed by atoms with E-state index in [-0.39, 0.29) is 19.1 Å². The largest absolute Gasteiger partial charge is 0.445 e. The summed E-state index contributed by atoms with van der Waals surface area (Å²) in [5.41, 5.74) is 0.212. The molecule has 3 amide bonds. The van der Waals surface area contributed by atoms with Crippen molar-refractivity contribution in [2.24, 2.45) is 5.92 Å². The van der Waals surface area contributed by atoms with Gasteiger partial charge in [0.25, 0.3) is 0 Å². The van der Waals surface area contributed by atoms with E-state index >= 15 is 0 Å². The maximum atomic E-state index is 13.3. The van der Waals surface area contributed by atoms with Crippen molar-refractivity contribution in [2.75, 3.05) is 13.1 Å². The molecule has 206 valence electrons. The van der Waals surface area contributed by atoms with Gasteiger partial charge in [0.15, 0.2) is 0 Å². The lowest BCUT2D eigenvalue weighted by Gasteiger charge is -2.30. The number of carbonyl (C=O) groups is 3. The van der Waals surface area contributed by atoms with E-state index in [4.69, 9.17) is 9.47 Å². The van der Waals surface area contributed by atoms with E-state index in [0.29, 0.717) is 31.7 Å². The van der Waals surface area contributed by atoms with Crippen molar-refractivity contribution >= 4 is 18.1 Å². The van der Waals surface area contributed by atoms with Crippen LogP contribution in [0.15, 0.2) is 30.3 Å². The summed E-state index contributed by atoms with van der Waals surface area (Å²) in [6, 6.07) is 8.13. The van der Waals surface area contributed by atoms with Crippen LogP contribution in [0.3, 0.4) is 0 Å². The molecule has 1 aromatic rings. The minimum absolute atomic E-state index is 0.0609. The number of rotatable bonds is 7. The van der Waals surface area contributed by atoms with Gasteiger partial charge in [0.05, 0.1) is 18.7 Å². The van der Waals surface area contributed by atoms with Crippen LogP contribution >= 0.6 is 0 Å². The molecule has 3 N–H and O–H groups in total. The molecule has 1 saturated carbocycles. The van der Waals surface area contributed by atoms with Crippen molar-refractivity contribution in [1.29, 1.82) is 0 Å². The van der Waals surface area contributed by atoms with Crippen LogP contribution in [0.25, 0.3) is 0 Å². The highest BCUT2D eigenvalue weighted by molar-refractivity contribution is 5.86. The highest BCUT2D eigenvalue weighted by atomic mass is 16.6. The zero-order valence-corrected chi connectivity index (χ0v) is 22.4. The molecule has 1 heterocycles. The number of benzene rings is 1. The number of ether oxygens (including phenoxy) is 2. The third-order valence-corrected chi connectivity index (χ3v) is 6.91. The first-order chi connectivity index (χ1) is 17.6. The molecule has 0 aromatic heterocycles. The number of β-amino-alcohol motifs (C(OH)–C–C–N with tert-alkyl or cyclic N) is 1. The van der Waals surface area contributed by atoms with Gasteiger partial charge in [0.1, 0.15) is 18.2 Å². The topological polar surface area (TPSA) is 117 Å². The molecule has 3 atom stereocenters. The number of nitrogens with one attached hydrogen (secondary N) is 2. The molecule has 9 nitrogen and oxygen atoms in total. The van der Waals surface area contributed by atoms with Gasteiger partial charge in [-0.05, 0) is 51.5 Å². The number of aliphatic hydroxyl groups excluding tert-OH is 1. The molecule has 9 heteroatoms. The van der Waals surface area contributed by atoms with Gasteiger partial charge in [-0.3, -0.25) is 4.79 Å². The molecular formula is C28H43N3O6. The molecule has 2 fully saturated rings. The number of nitrogens with zero attached hydrogens (tertiary/aromatic N) is 1. The van der Waals surface area contributed by atoms with E-state index in [1.54, 1.807) is 20.8 Å². The maximum absolute atomic E-state index is 13.3. The minimum atomic E-state index is -0.951. The van der Waals surface area contributed by atoms with E-state index < -0.39 is 36.0 Å². The molecule has 1 aromatic carbocycles. The first-order valence-corrected chi connectivity index (χ1v) is 13.5. The van der Waals surface area contributed by atoms with Crippen molar-refractivity contribution in [3.05, 3.63) is 35.9 Å². The highest BCUT2D eigenvalue weighted by Gasteiger charge is 2.33. The van der Waals surface area contributed by atoms with Crippen LogP contribution in [0.4, 0.5) is 9.59 Å². The number of hydrogen-bond acceptors (Lipinski definition) is 6. The summed E-state index contributed by atoms with van der Waals surface area (Å²) in [4.78, 5) is 39.9. The summed E-state index contributed by atoms with van der Waals surface area (Å²) in [7, 11) is 0. The molecule has 3 unspecified atom stereocenters. The fraction of sp³-hybridized carbons (Fsp3) is 0.679. The summed E-state index contributed by atoms with van der Waals surface area (Å²) in [6.45, 7) is 5.99. The minimum Gasteiger partial charge on any atom is -0.445 e. The molecule has 1 aliphatic carbocycles. The zero-order valence-electron chi connectivity index (χ0n) is 22.4. The second kappa shape index (κ2) is 13.7. The van der Waals surface area contributed by atoms with Gasteiger partial charge in [-0.1, -0.05) is 62.4 Å². The summed E-state index contributed by atoms with van der Waals surface area (Å²) in [6.07, 6.45) is 5.11. The normalized spacial score (nSPS) is 21.9. The maximum Gasteiger partial charge on any atom is 0.410 e. The van der Waals surface area contributed by atoms with Crippen LogP contribution in [0, 0.1) is 5.92 Å².